The van der Waals surface area contributed by atoms with Gasteiger partial charge < -0.3 is 5.01 Å². The van der Waals surface area contributed by atoms with Gasteiger partial charge in [-0.2, -0.15) is 5.10 Å². The molecule has 0 aliphatic heterocycles. The molecule has 2 nitrogen and oxygen atoms in total. The Labute approximate surface area is 109 Å². The summed E-state index contributed by atoms with van der Waals surface area (Å²) in [5, 5.41) is 6.01. The summed E-state index contributed by atoms with van der Waals surface area (Å²) in [7, 11) is 3.83. The smallest absolute Gasteiger partial charge is 0.0542 e. The number of hydrazone groups is 1. The predicted octanol–water partition coefficient (Wildman–Crippen LogP) is 3.56. The Morgan fingerprint density at radius 1 is 0.944 bits per heavy atom. The molecule has 0 unspecified atom stereocenters. The Morgan fingerprint density at radius 2 is 1.61 bits per heavy atom. The summed E-state index contributed by atoms with van der Waals surface area (Å²) in [6, 6.07) is 16.9. The lowest BCUT2D eigenvalue weighted by Gasteiger charge is -2.06. The summed E-state index contributed by atoms with van der Waals surface area (Å²) in [4.78, 5) is 0. The first-order valence-electron chi connectivity index (χ1n) is 6.04. The maximum atomic E-state index is 4.22. The van der Waals surface area contributed by atoms with Crippen LogP contribution in [0.15, 0.2) is 53.6 Å². The lowest BCUT2D eigenvalue weighted by molar-refractivity contribution is 0.440. The zero-order valence-corrected chi connectivity index (χ0v) is 11.1. The van der Waals surface area contributed by atoms with Crippen LogP contribution >= 0.6 is 0 Å². The molecule has 0 aromatic heterocycles. The second-order valence-electron chi connectivity index (χ2n) is 4.53. The van der Waals surface area contributed by atoms with Crippen molar-refractivity contribution in [3.8, 4) is 11.1 Å². The maximum absolute atomic E-state index is 4.22. The van der Waals surface area contributed by atoms with E-state index in [1.807, 2.05) is 20.3 Å². The summed E-state index contributed by atoms with van der Waals surface area (Å²) in [6.45, 7) is 2.14. The van der Waals surface area contributed by atoms with Crippen LogP contribution in [-0.2, 0) is 0 Å². The van der Waals surface area contributed by atoms with E-state index in [0.717, 1.165) is 5.56 Å². The number of hydrogen-bond donors (Lipinski definition) is 0. The van der Waals surface area contributed by atoms with Gasteiger partial charge in [0.05, 0.1) is 6.21 Å². The second-order valence-corrected chi connectivity index (χ2v) is 4.53. The van der Waals surface area contributed by atoms with Crippen molar-refractivity contribution in [2.24, 2.45) is 5.10 Å². The molecule has 0 radical (unpaired) electrons. The highest BCUT2D eigenvalue weighted by Gasteiger charge is 2.00. The van der Waals surface area contributed by atoms with E-state index in [0.29, 0.717) is 0 Å². The minimum Gasteiger partial charge on any atom is -0.303 e. The molecular formula is C16H18N2. The fourth-order valence-corrected chi connectivity index (χ4v) is 1.83. The van der Waals surface area contributed by atoms with E-state index in [2.05, 4.69) is 60.6 Å². The predicted molar refractivity (Wildman–Crippen MR) is 77.9 cm³/mol. The van der Waals surface area contributed by atoms with Crippen LogP contribution in [0.2, 0.25) is 0 Å². The molecule has 92 valence electrons. The number of benzene rings is 2. The first kappa shape index (κ1) is 12.4. The Hall–Kier alpha value is -2.09. The lowest BCUT2D eigenvalue weighted by Crippen LogP contribution is -2.01. The highest BCUT2D eigenvalue weighted by atomic mass is 15.4. The van der Waals surface area contributed by atoms with Crippen molar-refractivity contribution in [1.29, 1.82) is 0 Å². The summed E-state index contributed by atoms with van der Waals surface area (Å²) >= 11 is 0. The van der Waals surface area contributed by atoms with Crippen molar-refractivity contribution < 1.29 is 0 Å². The van der Waals surface area contributed by atoms with Crippen LogP contribution in [0.1, 0.15) is 11.1 Å². The number of hydrogen-bond acceptors (Lipinski definition) is 2. The van der Waals surface area contributed by atoms with Crippen molar-refractivity contribution in [3.05, 3.63) is 59.7 Å². The van der Waals surface area contributed by atoms with E-state index in [1.165, 1.54) is 16.7 Å². The van der Waals surface area contributed by atoms with Crippen LogP contribution in [0.25, 0.3) is 11.1 Å². The molecule has 18 heavy (non-hydrogen) atoms. The molecule has 0 spiro atoms. The molecule has 0 atom stereocenters. The maximum Gasteiger partial charge on any atom is 0.0542 e. The van der Waals surface area contributed by atoms with Gasteiger partial charge in [-0.1, -0.05) is 48.5 Å². The minimum atomic E-state index is 1.11. The van der Waals surface area contributed by atoms with Crippen molar-refractivity contribution in [1.82, 2.24) is 5.01 Å². The Balaban J connectivity index is 2.25. The molecule has 0 aliphatic carbocycles. The average Bonchev–Trinajstić information content (AvgIpc) is 2.38. The number of nitrogens with zero attached hydrogens (tertiary/aromatic N) is 2. The highest BCUT2D eigenvalue weighted by molar-refractivity contribution is 5.81. The average molecular weight is 238 g/mol. The topological polar surface area (TPSA) is 15.6 Å². The van der Waals surface area contributed by atoms with Gasteiger partial charge in [0.2, 0.25) is 0 Å². The molecule has 0 aliphatic rings. The van der Waals surface area contributed by atoms with Crippen LogP contribution in [0.3, 0.4) is 0 Å². The molecule has 0 amide bonds. The zero-order valence-electron chi connectivity index (χ0n) is 11.1. The van der Waals surface area contributed by atoms with Crippen molar-refractivity contribution in [2.75, 3.05) is 14.1 Å². The van der Waals surface area contributed by atoms with Gasteiger partial charge in [-0.05, 0) is 29.2 Å². The van der Waals surface area contributed by atoms with Crippen LogP contribution < -0.4 is 0 Å². The summed E-state index contributed by atoms with van der Waals surface area (Å²) < 4.78 is 0. The largest absolute Gasteiger partial charge is 0.303 e. The molecule has 2 aromatic rings. The number of aryl methyl sites for hydroxylation is 1. The third kappa shape index (κ3) is 2.98. The summed E-state index contributed by atoms with van der Waals surface area (Å²) in [5.41, 5.74) is 4.94. The molecule has 0 N–H and O–H groups in total. The quantitative estimate of drug-likeness (QED) is 0.589. The Kier molecular flexibility index (Phi) is 3.78. The van der Waals surface area contributed by atoms with Crippen molar-refractivity contribution >= 4 is 6.21 Å². The van der Waals surface area contributed by atoms with Crippen molar-refractivity contribution in [2.45, 2.75) is 6.92 Å². The van der Waals surface area contributed by atoms with Gasteiger partial charge in [-0.15, -0.1) is 0 Å². The van der Waals surface area contributed by atoms with E-state index in [4.69, 9.17) is 0 Å². The SMILES string of the molecule is Cc1ccccc1-c1ccc(/C=N/N(C)C)cc1. The van der Waals surface area contributed by atoms with Gasteiger partial charge >= 0.3 is 0 Å². The molecule has 0 heterocycles. The molecule has 0 saturated heterocycles. The second kappa shape index (κ2) is 5.50. The van der Waals surface area contributed by atoms with Crippen LogP contribution in [0.4, 0.5) is 0 Å². The monoisotopic (exact) mass is 238 g/mol. The van der Waals surface area contributed by atoms with E-state index in [1.54, 1.807) is 5.01 Å². The van der Waals surface area contributed by atoms with E-state index < -0.39 is 0 Å². The summed E-state index contributed by atoms with van der Waals surface area (Å²) in [5.74, 6) is 0. The fourth-order valence-electron chi connectivity index (χ4n) is 1.83. The third-order valence-electron chi connectivity index (χ3n) is 2.80. The molecule has 0 saturated carbocycles. The van der Waals surface area contributed by atoms with Gasteiger partial charge in [-0.25, -0.2) is 0 Å². The van der Waals surface area contributed by atoms with Crippen LogP contribution in [0.5, 0.6) is 0 Å². The van der Waals surface area contributed by atoms with Gasteiger partial charge in [0.15, 0.2) is 0 Å². The first-order chi connectivity index (χ1) is 8.66. The van der Waals surface area contributed by atoms with Gasteiger partial charge in [0.1, 0.15) is 0 Å². The highest BCUT2D eigenvalue weighted by Crippen LogP contribution is 2.22. The van der Waals surface area contributed by atoms with E-state index in [9.17, 15) is 0 Å². The van der Waals surface area contributed by atoms with E-state index in [-0.39, 0.29) is 0 Å². The van der Waals surface area contributed by atoms with Gasteiger partial charge in [-0.3, -0.25) is 0 Å². The molecule has 0 fully saturated rings. The molecular weight excluding hydrogens is 220 g/mol. The fraction of sp³-hybridized carbons (Fsp3) is 0.188. The third-order valence-corrected chi connectivity index (χ3v) is 2.80. The first-order valence-corrected chi connectivity index (χ1v) is 6.04. The minimum absolute atomic E-state index is 1.11. The van der Waals surface area contributed by atoms with Crippen molar-refractivity contribution in [3.63, 3.8) is 0 Å². The molecule has 2 aromatic carbocycles. The summed E-state index contributed by atoms with van der Waals surface area (Å²) in [6.07, 6.45) is 1.86. The molecule has 2 heteroatoms. The molecule has 0 bridgehead atoms. The van der Waals surface area contributed by atoms with E-state index >= 15 is 0 Å². The molecule has 2 rings (SSSR count). The normalized spacial score (nSPS) is 10.8. The Bertz CT molecular complexity index is 539. The number of rotatable bonds is 3. The van der Waals surface area contributed by atoms with Gasteiger partial charge in [0, 0.05) is 14.1 Å². The van der Waals surface area contributed by atoms with Gasteiger partial charge in [0.25, 0.3) is 0 Å². The van der Waals surface area contributed by atoms with Crippen LogP contribution in [-0.4, -0.2) is 25.3 Å². The van der Waals surface area contributed by atoms with Crippen LogP contribution in [0, 0.1) is 6.92 Å². The Morgan fingerprint density at radius 3 is 2.22 bits per heavy atom. The zero-order chi connectivity index (χ0) is 13.0. The lowest BCUT2D eigenvalue weighted by atomic mass is 10.00. The standard InChI is InChI=1S/C16H18N2/c1-13-6-4-5-7-16(13)15-10-8-14(9-11-15)12-17-18(2)3/h4-12H,1-3H3/b17-12+.